The first-order valence-corrected chi connectivity index (χ1v) is 8.40. The number of carbonyl (C=O) groups excluding carboxylic acids is 2. The minimum atomic E-state index is -1.03. The second kappa shape index (κ2) is 12.8. The van der Waals surface area contributed by atoms with Crippen molar-refractivity contribution in [1.82, 2.24) is 10.2 Å². The van der Waals surface area contributed by atoms with E-state index in [9.17, 15) is 24.1 Å². The lowest BCUT2D eigenvalue weighted by Gasteiger charge is -2.13. The molecule has 0 aliphatic heterocycles. The first kappa shape index (κ1) is 23.4. The van der Waals surface area contributed by atoms with Crippen LogP contribution in [-0.4, -0.2) is 54.5 Å². The zero-order valence-corrected chi connectivity index (χ0v) is 15.6. The molecule has 0 atom stereocenters. The lowest BCUT2D eigenvalue weighted by atomic mass is 10.2. The lowest BCUT2D eigenvalue weighted by molar-refractivity contribution is -0.385. The number of nitrogens with one attached hydrogen (secondary N) is 1. The van der Waals surface area contributed by atoms with Gasteiger partial charge in [-0.3, -0.25) is 19.7 Å². The maximum atomic E-state index is 13.5. The highest BCUT2D eigenvalue weighted by Gasteiger charge is 2.16. The van der Waals surface area contributed by atoms with Crippen molar-refractivity contribution in [1.29, 1.82) is 0 Å². The summed E-state index contributed by atoms with van der Waals surface area (Å²) in [7, 11) is 0. The Balaban J connectivity index is 0.000000758. The number of ether oxygens (including phenoxy) is 1. The fourth-order valence-corrected chi connectivity index (χ4v) is 1.93. The van der Waals surface area contributed by atoms with Crippen molar-refractivity contribution < 1.29 is 23.6 Å². The molecule has 0 unspecified atom stereocenters. The molecule has 0 fully saturated rings. The predicted molar refractivity (Wildman–Crippen MR) is 95.5 cm³/mol. The number of hydrogen-bond donors (Lipinski definition) is 1. The molecule has 26 heavy (non-hydrogen) atoms. The second-order valence-electron chi connectivity index (χ2n) is 5.03. The molecule has 8 nitrogen and oxygen atoms in total. The monoisotopic (exact) mass is 371 g/mol. The molecule has 0 spiro atoms. The average molecular weight is 371 g/mol. The Bertz CT molecular complexity index is 601. The Labute approximate surface area is 152 Å². The smallest absolute Gasteiger partial charge is 0.325 e. The third-order valence-corrected chi connectivity index (χ3v) is 3.45. The maximum absolute atomic E-state index is 13.5. The molecule has 0 radical (unpaired) electrons. The van der Waals surface area contributed by atoms with Crippen LogP contribution in [0.5, 0.6) is 0 Å². The molecule has 1 amide bonds. The highest BCUT2D eigenvalue weighted by molar-refractivity contribution is 5.96. The van der Waals surface area contributed by atoms with E-state index in [2.05, 4.69) is 35.7 Å². The summed E-state index contributed by atoms with van der Waals surface area (Å²) in [5, 5.41) is 12.5. The zero-order valence-electron chi connectivity index (χ0n) is 15.6. The Hall–Kier alpha value is -2.55. The van der Waals surface area contributed by atoms with E-state index in [4.69, 9.17) is 0 Å². The van der Waals surface area contributed by atoms with Crippen molar-refractivity contribution in [2.45, 2.75) is 27.7 Å². The first-order valence-electron chi connectivity index (χ1n) is 8.40. The molecule has 146 valence electrons. The third kappa shape index (κ3) is 8.52. The molecule has 1 N–H and O–H groups in total. The van der Waals surface area contributed by atoms with Gasteiger partial charge in [0.05, 0.1) is 23.2 Å². The number of nitro benzene ring substituents is 1. The van der Waals surface area contributed by atoms with Gasteiger partial charge in [-0.25, -0.2) is 4.39 Å². The van der Waals surface area contributed by atoms with Crippen molar-refractivity contribution in [3.05, 3.63) is 39.7 Å². The van der Waals surface area contributed by atoms with Gasteiger partial charge >= 0.3 is 5.97 Å². The summed E-state index contributed by atoms with van der Waals surface area (Å²) in [6.07, 6.45) is 0. The minimum Gasteiger partial charge on any atom is -0.465 e. The van der Waals surface area contributed by atoms with E-state index in [1.165, 1.54) is 19.6 Å². The number of halogens is 1. The van der Waals surface area contributed by atoms with Crippen LogP contribution in [0, 0.1) is 15.9 Å². The molecule has 0 saturated heterocycles. The van der Waals surface area contributed by atoms with E-state index in [1.54, 1.807) is 6.92 Å². The number of carbonyl (C=O) groups is 2. The molecule has 0 heterocycles. The minimum absolute atomic E-state index is 0.167. The van der Waals surface area contributed by atoms with Crippen LogP contribution in [0.2, 0.25) is 0 Å². The van der Waals surface area contributed by atoms with Crippen LogP contribution in [0.1, 0.15) is 38.1 Å². The van der Waals surface area contributed by atoms with Crippen LogP contribution in [0.4, 0.5) is 10.1 Å². The van der Waals surface area contributed by atoms with Crippen molar-refractivity contribution in [2.24, 2.45) is 0 Å². The van der Waals surface area contributed by atoms with Gasteiger partial charge in [0, 0.05) is 6.07 Å². The number of esters is 1. The molecule has 0 saturated carbocycles. The Morgan fingerprint density at radius 2 is 1.77 bits per heavy atom. The number of nitro groups is 1. The normalized spacial score (nSPS) is 9.92. The average Bonchev–Trinajstić information content (AvgIpc) is 2.62. The Morgan fingerprint density at radius 3 is 2.15 bits per heavy atom. The second-order valence-corrected chi connectivity index (χ2v) is 5.03. The molecule has 0 aliphatic rings. The van der Waals surface area contributed by atoms with Crippen LogP contribution in [0.15, 0.2) is 18.2 Å². The summed E-state index contributed by atoms with van der Waals surface area (Å²) in [5.41, 5.74) is -0.839. The molecule has 1 aromatic carbocycles. The van der Waals surface area contributed by atoms with E-state index in [-0.39, 0.29) is 12.2 Å². The largest absolute Gasteiger partial charge is 0.465 e. The summed E-state index contributed by atoms with van der Waals surface area (Å²) >= 11 is 0. The van der Waals surface area contributed by atoms with Crippen molar-refractivity contribution in [2.75, 3.05) is 32.8 Å². The predicted octanol–water partition coefficient (Wildman–Crippen LogP) is 2.37. The molecule has 1 aromatic rings. The first-order chi connectivity index (χ1) is 12.3. The summed E-state index contributed by atoms with van der Waals surface area (Å²) in [5.74, 6) is -2.53. The number of non-ortho nitro benzene ring substituents is 1. The van der Waals surface area contributed by atoms with Gasteiger partial charge < -0.3 is 15.0 Å². The topological polar surface area (TPSA) is 102 Å². The van der Waals surface area contributed by atoms with Crippen LogP contribution in [0.3, 0.4) is 0 Å². The number of amides is 1. The fourth-order valence-electron chi connectivity index (χ4n) is 1.93. The number of benzene rings is 1. The quantitative estimate of drug-likeness (QED) is 0.428. The van der Waals surface area contributed by atoms with Crippen LogP contribution >= 0.6 is 0 Å². The third-order valence-electron chi connectivity index (χ3n) is 3.45. The summed E-state index contributed by atoms with van der Waals surface area (Å²) in [6.45, 7) is 11.5. The van der Waals surface area contributed by atoms with E-state index >= 15 is 0 Å². The Morgan fingerprint density at radius 1 is 1.19 bits per heavy atom. The fraction of sp³-hybridized carbons (Fsp3) is 0.529. The van der Waals surface area contributed by atoms with Crippen molar-refractivity contribution in [3.63, 3.8) is 0 Å². The van der Waals surface area contributed by atoms with Gasteiger partial charge in [0.15, 0.2) is 0 Å². The summed E-state index contributed by atoms with van der Waals surface area (Å²) < 4.78 is 18.0. The molecular formula is C17H26FN3O5. The lowest BCUT2D eigenvalue weighted by Crippen LogP contribution is -2.31. The highest BCUT2D eigenvalue weighted by Crippen LogP contribution is 2.16. The highest BCUT2D eigenvalue weighted by atomic mass is 19.1. The number of hydrogen-bond acceptors (Lipinski definition) is 6. The van der Waals surface area contributed by atoms with Gasteiger partial charge in [-0.1, -0.05) is 20.8 Å². The van der Waals surface area contributed by atoms with Gasteiger partial charge in [-0.05, 0) is 32.6 Å². The van der Waals surface area contributed by atoms with Crippen LogP contribution < -0.4 is 5.32 Å². The zero-order chi connectivity index (χ0) is 20.1. The van der Waals surface area contributed by atoms with Gasteiger partial charge in [0.1, 0.15) is 12.4 Å². The molecule has 0 aliphatic carbocycles. The number of rotatable bonds is 8. The molecular weight excluding hydrogens is 345 g/mol. The summed E-state index contributed by atoms with van der Waals surface area (Å²) in [6, 6.07) is 2.62. The molecule has 0 bridgehead atoms. The standard InChI is InChI=1S/C11H11FN2O5.C6H15N/c1-2-19-10(15)6-13-11(16)8-4-3-7(14(17)18)5-9(8)12;1-4-7(5-2)6-3/h3-5H,2,6H2,1H3,(H,13,16);4-6H2,1-3H3. The Kier molecular flexibility index (Phi) is 11.5. The van der Waals surface area contributed by atoms with E-state index in [0.717, 1.165) is 12.1 Å². The molecule has 0 aromatic heterocycles. The van der Waals surface area contributed by atoms with Gasteiger partial charge in [0.25, 0.3) is 11.6 Å². The van der Waals surface area contributed by atoms with Gasteiger partial charge in [-0.15, -0.1) is 0 Å². The number of nitrogens with zero attached hydrogens (tertiary/aromatic N) is 2. The van der Waals surface area contributed by atoms with Gasteiger partial charge in [-0.2, -0.15) is 0 Å². The summed E-state index contributed by atoms with van der Waals surface area (Å²) in [4.78, 5) is 34.5. The van der Waals surface area contributed by atoms with E-state index in [0.29, 0.717) is 6.07 Å². The van der Waals surface area contributed by atoms with E-state index in [1.807, 2.05) is 0 Å². The van der Waals surface area contributed by atoms with Crippen molar-refractivity contribution in [3.8, 4) is 0 Å². The maximum Gasteiger partial charge on any atom is 0.325 e. The SMILES string of the molecule is CCN(CC)CC.CCOC(=O)CNC(=O)c1ccc([N+](=O)[O-])cc1F. The van der Waals surface area contributed by atoms with E-state index < -0.39 is 34.8 Å². The van der Waals surface area contributed by atoms with Crippen LogP contribution in [-0.2, 0) is 9.53 Å². The molecule has 9 heteroatoms. The van der Waals surface area contributed by atoms with Crippen molar-refractivity contribution >= 4 is 17.6 Å². The van der Waals surface area contributed by atoms with Gasteiger partial charge in [0.2, 0.25) is 0 Å². The van der Waals surface area contributed by atoms with Crippen LogP contribution in [0.25, 0.3) is 0 Å². The molecule has 1 rings (SSSR count).